The molecule has 0 aliphatic carbocycles. The van der Waals surface area contributed by atoms with E-state index in [1.54, 1.807) is 6.07 Å². The van der Waals surface area contributed by atoms with Gasteiger partial charge < -0.3 is 10.2 Å². The van der Waals surface area contributed by atoms with E-state index in [2.05, 4.69) is 57.2 Å². The van der Waals surface area contributed by atoms with E-state index < -0.39 is 5.97 Å². The van der Waals surface area contributed by atoms with Gasteiger partial charge in [-0.05, 0) is 79.1 Å². The number of aromatic carboxylic acids is 1. The third kappa shape index (κ3) is 4.37. The minimum atomic E-state index is -1.12. The maximum absolute atomic E-state index is 11.0. The lowest BCUT2D eigenvalue weighted by atomic mass is 9.93. The largest absolute Gasteiger partial charge is 0.507 e. The highest BCUT2D eigenvalue weighted by Gasteiger charge is 2.10. The van der Waals surface area contributed by atoms with Crippen molar-refractivity contribution in [2.75, 3.05) is 0 Å². The van der Waals surface area contributed by atoms with Gasteiger partial charge in [0.2, 0.25) is 0 Å². The first-order valence-electron chi connectivity index (χ1n) is 9.03. The van der Waals surface area contributed by atoms with Crippen molar-refractivity contribution in [2.24, 2.45) is 0 Å². The maximum atomic E-state index is 11.0. The molecule has 0 unspecified atom stereocenters. The Labute approximate surface area is 159 Å². The summed E-state index contributed by atoms with van der Waals surface area (Å²) in [6.45, 7) is 6.45. The monoisotopic (exact) mass is 360 g/mol. The molecule has 3 rings (SSSR count). The lowest BCUT2D eigenvalue weighted by molar-refractivity contribution is 0.0693. The fraction of sp³-hybridized carbons (Fsp3) is 0.208. The molecule has 3 heteroatoms. The number of phenols is 1. The van der Waals surface area contributed by atoms with Crippen molar-refractivity contribution in [2.45, 2.75) is 33.6 Å². The molecule has 0 saturated heterocycles. The number of carbonyl (C=O) groups is 1. The molecule has 0 heterocycles. The Morgan fingerprint density at radius 3 is 1.81 bits per heavy atom. The van der Waals surface area contributed by atoms with Crippen LogP contribution in [0.4, 0.5) is 0 Å². The minimum Gasteiger partial charge on any atom is -0.507 e. The molecule has 0 aliphatic rings. The molecule has 0 saturated carbocycles. The Hall–Kier alpha value is -3.07. The molecule has 0 atom stereocenters. The fourth-order valence-corrected chi connectivity index (χ4v) is 3.57. The first kappa shape index (κ1) is 18.7. The molecule has 0 amide bonds. The molecule has 0 aromatic heterocycles. The Balaban J connectivity index is 1.74. The SMILES string of the molecule is Cc1cc(C)c(Cc2ccc(Cc3ccc(C(=O)O)c(O)c3)cc2)c(C)c1. The van der Waals surface area contributed by atoms with Crippen molar-refractivity contribution >= 4 is 5.97 Å². The standard InChI is InChI=1S/C24H24O3/c1-15-10-16(2)22(17(3)11-15)13-19-6-4-18(5-7-19)12-20-8-9-21(24(26)27)23(25)14-20/h4-11,14,25H,12-13H2,1-3H3,(H,26,27). The van der Waals surface area contributed by atoms with Gasteiger partial charge in [-0.25, -0.2) is 4.79 Å². The number of hydrogen-bond donors (Lipinski definition) is 2. The summed E-state index contributed by atoms with van der Waals surface area (Å²) in [6.07, 6.45) is 1.56. The number of carboxylic acid groups (broad SMARTS) is 1. The number of hydrogen-bond acceptors (Lipinski definition) is 2. The molecule has 0 fully saturated rings. The van der Waals surface area contributed by atoms with Gasteiger partial charge >= 0.3 is 5.97 Å². The fourth-order valence-electron chi connectivity index (χ4n) is 3.57. The summed E-state index contributed by atoms with van der Waals surface area (Å²) in [7, 11) is 0. The molecule has 0 aliphatic heterocycles. The van der Waals surface area contributed by atoms with Crippen molar-refractivity contribution in [3.8, 4) is 5.75 Å². The van der Waals surface area contributed by atoms with Crippen LogP contribution in [-0.2, 0) is 12.8 Å². The highest BCUT2D eigenvalue weighted by molar-refractivity contribution is 5.90. The first-order chi connectivity index (χ1) is 12.8. The third-order valence-corrected chi connectivity index (χ3v) is 4.95. The van der Waals surface area contributed by atoms with Gasteiger partial charge in [0.1, 0.15) is 11.3 Å². The summed E-state index contributed by atoms with van der Waals surface area (Å²) in [4.78, 5) is 11.0. The second-order valence-electron chi connectivity index (χ2n) is 7.20. The summed E-state index contributed by atoms with van der Waals surface area (Å²) in [5.41, 5.74) is 8.52. The molecule has 0 radical (unpaired) electrons. The quantitative estimate of drug-likeness (QED) is 0.658. The Morgan fingerprint density at radius 1 is 0.778 bits per heavy atom. The van der Waals surface area contributed by atoms with E-state index in [4.69, 9.17) is 5.11 Å². The van der Waals surface area contributed by atoms with Crippen LogP contribution in [0.5, 0.6) is 5.75 Å². The lowest BCUT2D eigenvalue weighted by Crippen LogP contribution is -1.98. The predicted molar refractivity (Wildman–Crippen MR) is 108 cm³/mol. The second kappa shape index (κ2) is 7.67. The van der Waals surface area contributed by atoms with Crippen molar-refractivity contribution in [3.63, 3.8) is 0 Å². The van der Waals surface area contributed by atoms with E-state index in [1.807, 2.05) is 0 Å². The zero-order valence-electron chi connectivity index (χ0n) is 15.9. The van der Waals surface area contributed by atoms with Crippen LogP contribution in [0.15, 0.2) is 54.6 Å². The molecule has 3 aromatic rings. The van der Waals surface area contributed by atoms with E-state index in [0.717, 1.165) is 17.5 Å². The van der Waals surface area contributed by atoms with Crippen LogP contribution in [0.25, 0.3) is 0 Å². The number of aromatic hydroxyl groups is 1. The van der Waals surface area contributed by atoms with Crippen LogP contribution in [0.3, 0.4) is 0 Å². The van der Waals surface area contributed by atoms with Gasteiger partial charge in [-0.15, -0.1) is 0 Å². The highest BCUT2D eigenvalue weighted by Crippen LogP contribution is 2.23. The maximum Gasteiger partial charge on any atom is 0.339 e. The van der Waals surface area contributed by atoms with Crippen LogP contribution in [0.1, 0.15) is 49.3 Å². The molecule has 3 nitrogen and oxygen atoms in total. The van der Waals surface area contributed by atoms with Gasteiger partial charge in [0.25, 0.3) is 0 Å². The van der Waals surface area contributed by atoms with Crippen LogP contribution < -0.4 is 0 Å². The molecule has 3 aromatic carbocycles. The molecular weight excluding hydrogens is 336 g/mol. The number of benzene rings is 3. The Kier molecular flexibility index (Phi) is 5.31. The summed E-state index contributed by atoms with van der Waals surface area (Å²) < 4.78 is 0. The summed E-state index contributed by atoms with van der Waals surface area (Å²) in [5, 5.41) is 18.8. The lowest BCUT2D eigenvalue weighted by Gasteiger charge is -2.12. The van der Waals surface area contributed by atoms with E-state index in [-0.39, 0.29) is 11.3 Å². The van der Waals surface area contributed by atoms with Gasteiger partial charge in [-0.1, -0.05) is 48.0 Å². The second-order valence-corrected chi connectivity index (χ2v) is 7.20. The molecule has 138 valence electrons. The summed E-state index contributed by atoms with van der Waals surface area (Å²) >= 11 is 0. The summed E-state index contributed by atoms with van der Waals surface area (Å²) in [5.74, 6) is -1.31. The normalized spacial score (nSPS) is 10.8. The molecule has 0 bridgehead atoms. The van der Waals surface area contributed by atoms with Crippen LogP contribution >= 0.6 is 0 Å². The zero-order valence-corrected chi connectivity index (χ0v) is 15.9. The van der Waals surface area contributed by atoms with Crippen LogP contribution in [0, 0.1) is 20.8 Å². The van der Waals surface area contributed by atoms with E-state index in [1.165, 1.54) is 39.9 Å². The average Bonchev–Trinajstić information content (AvgIpc) is 2.59. The van der Waals surface area contributed by atoms with Crippen molar-refractivity contribution in [1.82, 2.24) is 0 Å². The van der Waals surface area contributed by atoms with Crippen molar-refractivity contribution < 1.29 is 15.0 Å². The van der Waals surface area contributed by atoms with Crippen molar-refractivity contribution in [3.05, 3.63) is 99.1 Å². The minimum absolute atomic E-state index is 0.0714. The smallest absolute Gasteiger partial charge is 0.339 e. The topological polar surface area (TPSA) is 57.5 Å². The first-order valence-corrected chi connectivity index (χ1v) is 9.03. The van der Waals surface area contributed by atoms with Gasteiger partial charge in [0.05, 0.1) is 0 Å². The van der Waals surface area contributed by atoms with E-state index in [9.17, 15) is 9.90 Å². The van der Waals surface area contributed by atoms with Gasteiger partial charge in [0, 0.05) is 0 Å². The number of rotatable bonds is 5. The number of carboxylic acids is 1. The zero-order chi connectivity index (χ0) is 19.6. The molecule has 0 spiro atoms. The average molecular weight is 360 g/mol. The highest BCUT2D eigenvalue weighted by atomic mass is 16.4. The van der Waals surface area contributed by atoms with Crippen LogP contribution in [0.2, 0.25) is 0 Å². The van der Waals surface area contributed by atoms with Gasteiger partial charge in [-0.2, -0.15) is 0 Å². The molecule has 2 N–H and O–H groups in total. The van der Waals surface area contributed by atoms with E-state index in [0.29, 0.717) is 6.42 Å². The predicted octanol–water partition coefficient (Wildman–Crippen LogP) is 5.20. The summed E-state index contributed by atoms with van der Waals surface area (Å²) in [6, 6.07) is 17.6. The van der Waals surface area contributed by atoms with Gasteiger partial charge in [0.15, 0.2) is 0 Å². The Morgan fingerprint density at radius 2 is 1.30 bits per heavy atom. The van der Waals surface area contributed by atoms with E-state index >= 15 is 0 Å². The third-order valence-electron chi connectivity index (χ3n) is 4.95. The molecular formula is C24H24O3. The molecule has 27 heavy (non-hydrogen) atoms. The van der Waals surface area contributed by atoms with Crippen LogP contribution in [-0.4, -0.2) is 16.2 Å². The van der Waals surface area contributed by atoms with Gasteiger partial charge in [-0.3, -0.25) is 0 Å². The number of aryl methyl sites for hydroxylation is 3. The Bertz CT molecular complexity index is 962. The van der Waals surface area contributed by atoms with Crippen molar-refractivity contribution in [1.29, 1.82) is 0 Å².